The Morgan fingerprint density at radius 1 is 1.10 bits per heavy atom. The van der Waals surface area contributed by atoms with Crippen molar-refractivity contribution in [2.24, 2.45) is 0 Å². The molecule has 1 aliphatic rings. The SMILES string of the molecule is CCc1ccc(NC(=O)N(CCC(=O)N[C@H]2CCCc3ccccc32)[C@H](C)CC)cc1. The van der Waals surface area contributed by atoms with E-state index in [1.54, 1.807) is 4.90 Å². The van der Waals surface area contributed by atoms with E-state index in [4.69, 9.17) is 0 Å². The molecule has 2 atom stereocenters. The van der Waals surface area contributed by atoms with E-state index in [1.807, 2.05) is 37.3 Å². The lowest BCUT2D eigenvalue weighted by atomic mass is 9.87. The number of nitrogens with one attached hydrogen (secondary N) is 2. The molecule has 0 unspecified atom stereocenters. The van der Waals surface area contributed by atoms with Crippen molar-refractivity contribution in [3.8, 4) is 0 Å². The average Bonchev–Trinajstić information content (AvgIpc) is 2.79. The van der Waals surface area contributed by atoms with Crippen LogP contribution in [0, 0.1) is 0 Å². The molecule has 31 heavy (non-hydrogen) atoms. The van der Waals surface area contributed by atoms with Crippen LogP contribution in [0.15, 0.2) is 48.5 Å². The fourth-order valence-corrected chi connectivity index (χ4v) is 4.15. The fourth-order valence-electron chi connectivity index (χ4n) is 4.15. The molecular weight excluding hydrogens is 386 g/mol. The number of benzene rings is 2. The van der Waals surface area contributed by atoms with Crippen molar-refractivity contribution in [3.63, 3.8) is 0 Å². The number of urea groups is 1. The lowest BCUT2D eigenvalue weighted by Gasteiger charge is -2.30. The summed E-state index contributed by atoms with van der Waals surface area (Å²) < 4.78 is 0. The van der Waals surface area contributed by atoms with Gasteiger partial charge in [0.2, 0.25) is 5.91 Å². The molecule has 2 N–H and O–H groups in total. The minimum Gasteiger partial charge on any atom is -0.349 e. The third-order valence-corrected chi connectivity index (χ3v) is 6.28. The molecular formula is C26H35N3O2. The van der Waals surface area contributed by atoms with Gasteiger partial charge in [-0.25, -0.2) is 4.79 Å². The highest BCUT2D eigenvalue weighted by Crippen LogP contribution is 2.29. The van der Waals surface area contributed by atoms with Gasteiger partial charge in [-0.2, -0.15) is 0 Å². The van der Waals surface area contributed by atoms with Crippen LogP contribution in [-0.4, -0.2) is 29.4 Å². The van der Waals surface area contributed by atoms with Crippen molar-refractivity contribution < 1.29 is 9.59 Å². The van der Waals surface area contributed by atoms with Gasteiger partial charge < -0.3 is 15.5 Å². The summed E-state index contributed by atoms with van der Waals surface area (Å²) in [6.07, 6.45) is 5.22. The largest absolute Gasteiger partial charge is 0.349 e. The molecule has 1 aliphatic carbocycles. The van der Waals surface area contributed by atoms with Crippen LogP contribution >= 0.6 is 0 Å². The van der Waals surface area contributed by atoms with E-state index >= 15 is 0 Å². The number of rotatable bonds is 8. The maximum Gasteiger partial charge on any atom is 0.322 e. The Morgan fingerprint density at radius 2 is 1.84 bits per heavy atom. The highest BCUT2D eigenvalue weighted by molar-refractivity contribution is 5.90. The van der Waals surface area contributed by atoms with E-state index in [2.05, 4.69) is 42.7 Å². The number of carbonyl (C=O) groups is 2. The number of nitrogens with zero attached hydrogens (tertiary/aromatic N) is 1. The van der Waals surface area contributed by atoms with Crippen LogP contribution in [0.3, 0.4) is 0 Å². The maximum atomic E-state index is 12.9. The monoisotopic (exact) mass is 421 g/mol. The Hall–Kier alpha value is -2.82. The molecule has 3 amide bonds. The van der Waals surface area contributed by atoms with Gasteiger partial charge in [0.25, 0.3) is 0 Å². The zero-order valence-corrected chi connectivity index (χ0v) is 19.0. The first-order valence-corrected chi connectivity index (χ1v) is 11.6. The van der Waals surface area contributed by atoms with Crippen molar-refractivity contribution >= 4 is 17.6 Å². The van der Waals surface area contributed by atoms with Gasteiger partial charge in [0.1, 0.15) is 0 Å². The molecule has 3 rings (SSSR count). The van der Waals surface area contributed by atoms with Crippen molar-refractivity contribution in [1.29, 1.82) is 0 Å². The molecule has 0 heterocycles. The molecule has 0 saturated carbocycles. The second-order valence-electron chi connectivity index (χ2n) is 8.39. The number of fused-ring (bicyclic) bond motifs is 1. The molecule has 5 heteroatoms. The fraction of sp³-hybridized carbons (Fsp3) is 0.462. The van der Waals surface area contributed by atoms with Gasteiger partial charge in [0, 0.05) is 24.7 Å². The molecule has 5 nitrogen and oxygen atoms in total. The molecule has 0 aromatic heterocycles. The van der Waals surface area contributed by atoms with E-state index in [0.29, 0.717) is 13.0 Å². The van der Waals surface area contributed by atoms with Crippen molar-refractivity contribution in [2.45, 2.75) is 71.4 Å². The van der Waals surface area contributed by atoms with Gasteiger partial charge in [-0.15, -0.1) is 0 Å². The van der Waals surface area contributed by atoms with Gasteiger partial charge in [0.15, 0.2) is 0 Å². The minimum atomic E-state index is -0.158. The number of anilines is 1. The third-order valence-electron chi connectivity index (χ3n) is 6.28. The maximum absolute atomic E-state index is 12.9. The summed E-state index contributed by atoms with van der Waals surface area (Å²) in [6, 6.07) is 16.2. The summed E-state index contributed by atoms with van der Waals surface area (Å²) >= 11 is 0. The first-order valence-electron chi connectivity index (χ1n) is 11.6. The van der Waals surface area contributed by atoms with Crippen LogP contribution in [0.1, 0.15) is 69.2 Å². The van der Waals surface area contributed by atoms with Gasteiger partial charge >= 0.3 is 6.03 Å². The van der Waals surface area contributed by atoms with Crippen LogP contribution < -0.4 is 10.6 Å². The summed E-state index contributed by atoms with van der Waals surface area (Å²) in [7, 11) is 0. The van der Waals surface area contributed by atoms with Gasteiger partial charge in [-0.05, 0) is 67.9 Å². The van der Waals surface area contributed by atoms with Crippen LogP contribution in [0.5, 0.6) is 0 Å². The van der Waals surface area contributed by atoms with E-state index < -0.39 is 0 Å². The quantitative estimate of drug-likeness (QED) is 0.594. The Balaban J connectivity index is 1.58. The molecule has 0 bridgehead atoms. The third kappa shape index (κ3) is 6.09. The van der Waals surface area contributed by atoms with Crippen LogP contribution in [0.2, 0.25) is 0 Å². The Bertz CT molecular complexity index is 878. The second kappa shape index (κ2) is 11.0. The van der Waals surface area contributed by atoms with Gasteiger partial charge in [0.05, 0.1) is 6.04 Å². The van der Waals surface area contributed by atoms with Crippen LogP contribution in [0.4, 0.5) is 10.5 Å². The highest BCUT2D eigenvalue weighted by Gasteiger charge is 2.23. The average molecular weight is 422 g/mol. The normalized spacial score (nSPS) is 16.2. The van der Waals surface area contributed by atoms with E-state index in [0.717, 1.165) is 37.8 Å². The predicted octanol–water partition coefficient (Wildman–Crippen LogP) is 5.47. The summed E-state index contributed by atoms with van der Waals surface area (Å²) in [4.78, 5) is 27.4. The van der Waals surface area contributed by atoms with E-state index in [9.17, 15) is 9.59 Å². The van der Waals surface area contributed by atoms with Gasteiger partial charge in [-0.1, -0.05) is 50.2 Å². The Morgan fingerprint density at radius 3 is 2.55 bits per heavy atom. The summed E-state index contributed by atoms with van der Waals surface area (Å²) in [5, 5.41) is 6.17. The number of carbonyl (C=O) groups excluding carboxylic acids is 2. The molecule has 0 saturated heterocycles. The minimum absolute atomic E-state index is 0.00453. The Labute approximate surface area is 186 Å². The molecule has 166 valence electrons. The highest BCUT2D eigenvalue weighted by atomic mass is 16.2. The first kappa shape index (κ1) is 22.9. The topological polar surface area (TPSA) is 61.4 Å². The predicted molar refractivity (Wildman–Crippen MR) is 126 cm³/mol. The summed E-state index contributed by atoms with van der Waals surface area (Å²) in [5.41, 5.74) is 4.57. The molecule has 0 radical (unpaired) electrons. The Kier molecular flexibility index (Phi) is 8.10. The van der Waals surface area contributed by atoms with Crippen molar-refractivity contribution in [2.75, 3.05) is 11.9 Å². The van der Waals surface area contributed by atoms with Crippen molar-refractivity contribution in [1.82, 2.24) is 10.2 Å². The smallest absolute Gasteiger partial charge is 0.322 e. The zero-order valence-electron chi connectivity index (χ0n) is 19.0. The van der Waals surface area contributed by atoms with Crippen LogP contribution in [-0.2, 0) is 17.6 Å². The summed E-state index contributed by atoms with van der Waals surface area (Å²) in [5.74, 6) is -0.00453. The molecule has 0 aliphatic heterocycles. The van der Waals surface area contributed by atoms with Gasteiger partial charge in [-0.3, -0.25) is 4.79 Å². The zero-order chi connectivity index (χ0) is 22.2. The lowest BCUT2D eigenvalue weighted by molar-refractivity contribution is -0.122. The molecule has 0 fully saturated rings. The molecule has 2 aromatic rings. The van der Waals surface area contributed by atoms with E-state index in [1.165, 1.54) is 16.7 Å². The van der Waals surface area contributed by atoms with Crippen LogP contribution in [0.25, 0.3) is 0 Å². The van der Waals surface area contributed by atoms with Crippen molar-refractivity contribution in [3.05, 3.63) is 65.2 Å². The molecule has 0 spiro atoms. The number of aryl methyl sites for hydroxylation is 2. The van der Waals surface area contributed by atoms with E-state index in [-0.39, 0.29) is 24.0 Å². The standard InChI is InChI=1S/C26H35N3O2/c1-4-19(3)29(26(31)27-22-15-13-20(5-2)14-16-22)18-17-25(30)28-24-12-8-10-21-9-6-7-11-23(21)24/h6-7,9,11,13-16,19,24H,4-5,8,10,12,17-18H2,1-3H3,(H,27,31)(H,28,30)/t19-,24+/m1/s1. The second-order valence-corrected chi connectivity index (χ2v) is 8.39. The molecule has 2 aromatic carbocycles. The summed E-state index contributed by atoms with van der Waals surface area (Å²) in [6.45, 7) is 6.58. The number of hydrogen-bond donors (Lipinski definition) is 2. The number of hydrogen-bond acceptors (Lipinski definition) is 2. The lowest BCUT2D eigenvalue weighted by Crippen LogP contribution is -2.43. The number of amides is 3. The first-order chi connectivity index (χ1) is 15.0.